The highest BCUT2D eigenvalue weighted by Gasteiger charge is 2.41. The van der Waals surface area contributed by atoms with Crippen molar-refractivity contribution in [2.45, 2.75) is 140 Å². The van der Waals surface area contributed by atoms with Crippen molar-refractivity contribution in [3.63, 3.8) is 0 Å². The van der Waals surface area contributed by atoms with Crippen molar-refractivity contribution in [3.8, 4) is 0 Å². The van der Waals surface area contributed by atoms with E-state index >= 15 is 0 Å². The molecule has 3 aliphatic carbocycles. The van der Waals surface area contributed by atoms with Gasteiger partial charge in [-0.1, -0.05) is 114 Å². The van der Waals surface area contributed by atoms with Gasteiger partial charge < -0.3 is 22.9 Å². The second-order valence-electron chi connectivity index (χ2n) is 17.5. The maximum atomic E-state index is 6.01. The maximum absolute atomic E-state index is 6.01. The van der Waals surface area contributed by atoms with Gasteiger partial charge in [-0.25, -0.2) is 0 Å². The zero-order valence-electron chi connectivity index (χ0n) is 33.6. The molecule has 0 amide bonds. The van der Waals surface area contributed by atoms with Gasteiger partial charge in [-0.3, -0.25) is 0 Å². The first-order valence-electron chi connectivity index (χ1n) is 21.7. The molecular formula is C50H70N4. The number of benzene rings is 4. The van der Waals surface area contributed by atoms with Crippen LogP contribution in [0.2, 0.25) is 0 Å². The molecule has 3 saturated carbocycles. The van der Waals surface area contributed by atoms with Crippen LogP contribution in [0.4, 0.5) is 22.7 Å². The van der Waals surface area contributed by atoms with Gasteiger partial charge in [0.2, 0.25) is 0 Å². The number of hydrogen-bond donors (Lipinski definition) is 4. The summed E-state index contributed by atoms with van der Waals surface area (Å²) in [4.78, 5) is 0. The second-order valence-corrected chi connectivity index (χ2v) is 17.5. The Balaban J connectivity index is 0.000000193. The van der Waals surface area contributed by atoms with Crippen LogP contribution in [0.15, 0.2) is 97.1 Å². The molecule has 4 heteroatoms. The summed E-state index contributed by atoms with van der Waals surface area (Å²) in [7, 11) is 0. The molecule has 8 N–H and O–H groups in total. The minimum absolute atomic E-state index is 0.106. The van der Waals surface area contributed by atoms with E-state index in [-0.39, 0.29) is 10.8 Å². The first kappa shape index (κ1) is 39.8. The Bertz CT molecular complexity index is 1570. The monoisotopic (exact) mass is 727 g/mol. The lowest BCUT2D eigenvalue weighted by atomic mass is 9.60. The molecule has 3 aliphatic rings. The van der Waals surface area contributed by atoms with E-state index in [0.29, 0.717) is 0 Å². The predicted molar refractivity (Wildman–Crippen MR) is 233 cm³/mol. The van der Waals surface area contributed by atoms with Gasteiger partial charge in [0.25, 0.3) is 0 Å². The molecule has 3 fully saturated rings. The number of hydrogen-bond acceptors (Lipinski definition) is 4. The summed E-state index contributed by atoms with van der Waals surface area (Å²) in [5.41, 5.74) is 33.0. The van der Waals surface area contributed by atoms with E-state index in [2.05, 4.69) is 86.6 Å². The lowest BCUT2D eigenvalue weighted by Crippen LogP contribution is -2.36. The molecule has 7 rings (SSSR count). The van der Waals surface area contributed by atoms with Crippen LogP contribution in [0.25, 0.3) is 0 Å². The van der Waals surface area contributed by atoms with E-state index in [0.717, 1.165) is 46.4 Å². The van der Waals surface area contributed by atoms with Crippen molar-refractivity contribution in [1.82, 2.24) is 0 Å². The third-order valence-corrected chi connectivity index (χ3v) is 14.2. The fourth-order valence-electron chi connectivity index (χ4n) is 10.8. The lowest BCUT2D eigenvalue weighted by molar-refractivity contribution is 0.140. The number of anilines is 4. The molecule has 4 aromatic carbocycles. The zero-order chi connectivity index (χ0) is 38.0. The highest BCUT2D eigenvalue weighted by molar-refractivity contribution is 5.50. The molecular weight excluding hydrogens is 657 g/mol. The first-order valence-corrected chi connectivity index (χ1v) is 21.7. The third-order valence-electron chi connectivity index (χ3n) is 14.2. The topological polar surface area (TPSA) is 104 Å². The Morgan fingerprint density at radius 3 is 1.07 bits per heavy atom. The Labute approximate surface area is 327 Å². The fraction of sp³-hybridized carbons (Fsp3) is 0.520. The van der Waals surface area contributed by atoms with E-state index in [9.17, 15) is 0 Å². The molecule has 4 aromatic rings. The van der Waals surface area contributed by atoms with Crippen LogP contribution in [0.3, 0.4) is 0 Å². The molecule has 290 valence electrons. The van der Waals surface area contributed by atoms with Gasteiger partial charge in [0.15, 0.2) is 0 Å². The molecule has 0 unspecified atom stereocenters. The number of unbranched alkanes of at least 4 members (excludes halogenated alkanes) is 2. The van der Waals surface area contributed by atoms with Crippen LogP contribution in [0.5, 0.6) is 0 Å². The molecule has 0 heterocycles. The van der Waals surface area contributed by atoms with Gasteiger partial charge in [0.05, 0.1) is 0 Å². The van der Waals surface area contributed by atoms with Crippen molar-refractivity contribution < 1.29 is 0 Å². The van der Waals surface area contributed by atoms with Gasteiger partial charge in [0, 0.05) is 33.6 Å². The fourth-order valence-corrected chi connectivity index (χ4v) is 10.8. The van der Waals surface area contributed by atoms with Crippen LogP contribution in [-0.2, 0) is 10.8 Å². The Kier molecular flexibility index (Phi) is 13.7. The summed E-state index contributed by atoms with van der Waals surface area (Å²) in [5.74, 6) is 3.76. The highest BCUT2D eigenvalue weighted by Crippen LogP contribution is 2.51. The van der Waals surface area contributed by atoms with E-state index in [1.165, 1.54) is 138 Å². The summed E-state index contributed by atoms with van der Waals surface area (Å²) in [5, 5.41) is 0. The van der Waals surface area contributed by atoms with Crippen molar-refractivity contribution in [1.29, 1.82) is 0 Å². The normalized spacial score (nSPS) is 21.5. The van der Waals surface area contributed by atoms with Crippen molar-refractivity contribution in [3.05, 3.63) is 119 Å². The molecule has 0 saturated heterocycles. The van der Waals surface area contributed by atoms with E-state index < -0.39 is 0 Å². The summed E-state index contributed by atoms with van der Waals surface area (Å²) >= 11 is 0. The van der Waals surface area contributed by atoms with Gasteiger partial charge in [-0.15, -0.1) is 0 Å². The standard InChI is InChI=1S/C29H42N2.C21H28N2/c1-2-3-4-5-22-6-8-23(9-7-22)24-18-20-29(21-19-24,25-10-14-27(30)15-11-25)26-12-16-28(31)17-13-26;1-2-3-16-12-14-21(15-13-16,17-4-8-19(22)9-5-17)18-6-10-20(23)11-7-18/h10-17,22-24H,2-9,18-21,30-31H2,1H3;4-11,16H,2-3,12-15,22-23H2,1H3. The molecule has 0 aromatic heterocycles. The van der Waals surface area contributed by atoms with Gasteiger partial charge >= 0.3 is 0 Å². The summed E-state index contributed by atoms with van der Waals surface area (Å²) < 4.78 is 0. The average Bonchev–Trinajstić information content (AvgIpc) is 3.20. The Hall–Kier alpha value is -3.92. The van der Waals surface area contributed by atoms with Crippen LogP contribution < -0.4 is 22.9 Å². The van der Waals surface area contributed by atoms with Gasteiger partial charge in [-0.2, -0.15) is 0 Å². The van der Waals surface area contributed by atoms with Crippen LogP contribution >= 0.6 is 0 Å². The van der Waals surface area contributed by atoms with Crippen molar-refractivity contribution in [2.24, 2.45) is 23.7 Å². The van der Waals surface area contributed by atoms with E-state index in [1.54, 1.807) is 0 Å². The minimum Gasteiger partial charge on any atom is -0.399 e. The third kappa shape index (κ3) is 9.47. The number of nitrogen functional groups attached to an aromatic ring is 4. The Morgan fingerprint density at radius 1 is 0.389 bits per heavy atom. The molecule has 0 aliphatic heterocycles. The number of nitrogens with two attached hydrogens (primary N) is 4. The van der Waals surface area contributed by atoms with Crippen LogP contribution in [-0.4, -0.2) is 0 Å². The number of rotatable bonds is 11. The second kappa shape index (κ2) is 18.6. The molecule has 0 spiro atoms. The summed E-state index contributed by atoms with van der Waals surface area (Å²) in [6.07, 6.45) is 24.5. The average molecular weight is 727 g/mol. The highest BCUT2D eigenvalue weighted by atomic mass is 14.6. The smallest absolute Gasteiger partial charge is 0.0314 e. The largest absolute Gasteiger partial charge is 0.399 e. The lowest BCUT2D eigenvalue weighted by Gasteiger charge is -2.44. The molecule has 54 heavy (non-hydrogen) atoms. The quantitative estimate of drug-likeness (QED) is 0.0912. The minimum atomic E-state index is 0.106. The van der Waals surface area contributed by atoms with Crippen molar-refractivity contribution >= 4 is 22.7 Å². The summed E-state index contributed by atoms with van der Waals surface area (Å²) in [6.45, 7) is 4.61. The zero-order valence-corrected chi connectivity index (χ0v) is 33.6. The van der Waals surface area contributed by atoms with Gasteiger partial charge in [-0.05, 0) is 159 Å². The molecule has 0 atom stereocenters. The molecule has 0 radical (unpaired) electrons. The van der Waals surface area contributed by atoms with Crippen LogP contribution in [0.1, 0.15) is 152 Å². The molecule has 4 nitrogen and oxygen atoms in total. The van der Waals surface area contributed by atoms with Crippen molar-refractivity contribution in [2.75, 3.05) is 22.9 Å². The molecule has 0 bridgehead atoms. The van der Waals surface area contributed by atoms with E-state index in [1.807, 2.05) is 24.3 Å². The van der Waals surface area contributed by atoms with E-state index in [4.69, 9.17) is 22.9 Å². The Morgan fingerprint density at radius 2 is 0.722 bits per heavy atom. The first-order chi connectivity index (χ1) is 26.2. The van der Waals surface area contributed by atoms with Gasteiger partial charge in [0.1, 0.15) is 0 Å². The maximum Gasteiger partial charge on any atom is 0.0314 e. The SMILES string of the molecule is CCCC1CCC(c2ccc(N)cc2)(c2ccc(N)cc2)CC1.CCCCCC1CCC(C2CCC(c3ccc(N)cc3)(c3ccc(N)cc3)CC2)CC1. The van der Waals surface area contributed by atoms with Crippen LogP contribution in [0, 0.1) is 23.7 Å². The predicted octanol–water partition coefficient (Wildman–Crippen LogP) is 12.8. The summed E-state index contributed by atoms with van der Waals surface area (Å²) in [6, 6.07) is 34.3.